The van der Waals surface area contributed by atoms with Crippen LogP contribution in [0, 0.1) is 24.1 Å². The Bertz CT molecular complexity index is 677. The Balaban J connectivity index is 1.83. The molecule has 108 valence electrons. The Labute approximate surface area is 126 Å². The zero-order chi connectivity index (χ0) is 14.8. The fourth-order valence-electron chi connectivity index (χ4n) is 2.42. The van der Waals surface area contributed by atoms with E-state index in [1.807, 2.05) is 6.92 Å². The quantitative estimate of drug-likeness (QED) is 0.855. The smallest absolute Gasteiger partial charge is 0.130 e. The maximum absolute atomic E-state index is 13.0. The molecule has 1 aliphatic rings. The molecule has 1 aliphatic heterocycles. The first kappa shape index (κ1) is 14.0. The number of rotatable bonds is 2. The lowest BCUT2D eigenvalue weighted by atomic mass is 10.1. The van der Waals surface area contributed by atoms with Crippen molar-refractivity contribution in [1.29, 1.82) is 5.26 Å². The number of nitrogens with zero attached hydrogens (tertiary/aromatic N) is 3. The molecule has 1 aromatic carbocycles. The Morgan fingerprint density at radius 3 is 2.90 bits per heavy atom. The van der Waals surface area contributed by atoms with Crippen LogP contribution < -0.4 is 4.90 Å². The van der Waals surface area contributed by atoms with Crippen LogP contribution in [-0.2, 0) is 4.74 Å². The van der Waals surface area contributed by atoms with Crippen molar-refractivity contribution in [2.24, 2.45) is 0 Å². The largest absolute Gasteiger partial charge is 0.370 e. The van der Waals surface area contributed by atoms with Crippen molar-refractivity contribution in [3.63, 3.8) is 0 Å². The summed E-state index contributed by atoms with van der Waals surface area (Å²) in [6, 6.07) is 8.58. The van der Waals surface area contributed by atoms with Crippen LogP contribution >= 0.6 is 11.5 Å². The summed E-state index contributed by atoms with van der Waals surface area (Å²) in [5.74, 6) is -0.253. The van der Waals surface area contributed by atoms with E-state index in [0.29, 0.717) is 18.7 Å². The number of aryl methyl sites for hydroxylation is 1. The molecular weight excluding hydrogens is 289 g/mol. The number of benzene rings is 1. The highest BCUT2D eigenvalue weighted by Gasteiger charge is 2.26. The number of hydrogen-bond acceptors (Lipinski definition) is 5. The van der Waals surface area contributed by atoms with E-state index >= 15 is 0 Å². The third-order valence-electron chi connectivity index (χ3n) is 3.55. The summed E-state index contributed by atoms with van der Waals surface area (Å²) in [5.41, 5.74) is 2.35. The van der Waals surface area contributed by atoms with Crippen molar-refractivity contribution in [2.75, 3.05) is 24.6 Å². The predicted molar refractivity (Wildman–Crippen MR) is 78.9 cm³/mol. The minimum atomic E-state index is -0.253. The van der Waals surface area contributed by atoms with Crippen LogP contribution in [0.5, 0.6) is 0 Å². The van der Waals surface area contributed by atoms with Crippen molar-refractivity contribution >= 4 is 16.5 Å². The molecular formula is C15H14FN3OS. The van der Waals surface area contributed by atoms with E-state index in [2.05, 4.69) is 15.3 Å². The number of morpholine rings is 1. The van der Waals surface area contributed by atoms with Crippen molar-refractivity contribution in [1.82, 2.24) is 4.37 Å². The van der Waals surface area contributed by atoms with Gasteiger partial charge in [0.05, 0.1) is 12.3 Å². The zero-order valence-corrected chi connectivity index (χ0v) is 12.4. The van der Waals surface area contributed by atoms with E-state index in [0.717, 1.165) is 22.8 Å². The number of hydrogen-bond donors (Lipinski definition) is 0. The monoisotopic (exact) mass is 303 g/mol. The molecule has 0 saturated carbocycles. The Kier molecular flexibility index (Phi) is 3.86. The fraction of sp³-hybridized carbons (Fsp3) is 0.333. The van der Waals surface area contributed by atoms with Gasteiger partial charge >= 0.3 is 0 Å². The molecule has 4 nitrogen and oxygen atoms in total. The van der Waals surface area contributed by atoms with E-state index in [1.165, 1.54) is 23.7 Å². The molecule has 1 atom stereocenters. The predicted octanol–water partition coefficient (Wildman–Crippen LogP) is 3.04. The Hall–Kier alpha value is -1.97. The van der Waals surface area contributed by atoms with E-state index in [1.54, 1.807) is 12.1 Å². The lowest BCUT2D eigenvalue weighted by Crippen LogP contribution is -2.38. The first-order valence-corrected chi connectivity index (χ1v) is 7.45. The van der Waals surface area contributed by atoms with E-state index in [9.17, 15) is 9.65 Å². The normalized spacial score (nSPS) is 18.5. The summed E-state index contributed by atoms with van der Waals surface area (Å²) >= 11 is 1.34. The summed E-state index contributed by atoms with van der Waals surface area (Å²) in [6.07, 6.45) is -0.117. The molecule has 1 fully saturated rings. The van der Waals surface area contributed by atoms with Gasteiger partial charge in [-0.25, -0.2) is 4.39 Å². The van der Waals surface area contributed by atoms with Crippen LogP contribution in [0.25, 0.3) is 0 Å². The van der Waals surface area contributed by atoms with Crippen LogP contribution in [0.2, 0.25) is 0 Å². The molecule has 21 heavy (non-hydrogen) atoms. The molecule has 1 saturated heterocycles. The van der Waals surface area contributed by atoms with Gasteiger partial charge in [0.1, 0.15) is 28.6 Å². The highest BCUT2D eigenvalue weighted by Crippen LogP contribution is 2.32. The molecule has 0 N–H and O–H groups in total. The molecule has 0 spiro atoms. The summed E-state index contributed by atoms with van der Waals surface area (Å²) in [4.78, 5) is 2.13. The first-order valence-electron chi connectivity index (χ1n) is 6.67. The highest BCUT2D eigenvalue weighted by atomic mass is 32.1. The van der Waals surface area contributed by atoms with Crippen molar-refractivity contribution in [3.8, 4) is 6.07 Å². The van der Waals surface area contributed by atoms with E-state index < -0.39 is 0 Å². The number of anilines is 1. The van der Waals surface area contributed by atoms with E-state index in [4.69, 9.17) is 4.74 Å². The van der Waals surface area contributed by atoms with Crippen molar-refractivity contribution in [3.05, 3.63) is 46.9 Å². The highest BCUT2D eigenvalue weighted by molar-refractivity contribution is 7.10. The molecule has 6 heteroatoms. The average Bonchev–Trinajstić information content (AvgIpc) is 2.89. The number of ether oxygens (including phenoxy) is 1. The van der Waals surface area contributed by atoms with Gasteiger partial charge in [0.15, 0.2) is 0 Å². The van der Waals surface area contributed by atoms with Gasteiger partial charge in [-0.05, 0) is 36.2 Å². The van der Waals surface area contributed by atoms with Gasteiger partial charge in [-0.3, -0.25) is 0 Å². The topological polar surface area (TPSA) is 49.2 Å². The second-order valence-corrected chi connectivity index (χ2v) is 5.67. The van der Waals surface area contributed by atoms with Crippen LogP contribution in [0.3, 0.4) is 0 Å². The van der Waals surface area contributed by atoms with Gasteiger partial charge in [0.25, 0.3) is 0 Å². The molecule has 0 radical (unpaired) electrons. The Morgan fingerprint density at radius 1 is 1.43 bits per heavy atom. The van der Waals surface area contributed by atoms with Gasteiger partial charge in [-0.1, -0.05) is 12.1 Å². The fourth-order valence-corrected chi connectivity index (χ4v) is 3.30. The standard InChI is InChI=1S/C15H14FN3OS/c1-10-13(8-17)15(21-18-10)19-6-7-20-14(9-19)11-2-4-12(16)5-3-11/h2-5,14H,6-7,9H2,1H3/t14-/m1/s1. The molecule has 0 amide bonds. The first-order chi connectivity index (χ1) is 10.2. The Morgan fingerprint density at radius 2 is 2.19 bits per heavy atom. The van der Waals surface area contributed by atoms with Gasteiger partial charge in [-0.2, -0.15) is 9.64 Å². The number of halogens is 1. The minimum absolute atomic E-state index is 0.117. The van der Waals surface area contributed by atoms with Crippen LogP contribution in [0.4, 0.5) is 9.39 Å². The number of nitriles is 1. The van der Waals surface area contributed by atoms with E-state index in [-0.39, 0.29) is 11.9 Å². The van der Waals surface area contributed by atoms with Crippen LogP contribution in [0.15, 0.2) is 24.3 Å². The summed E-state index contributed by atoms with van der Waals surface area (Å²) in [5, 5.41) is 10.1. The van der Waals surface area contributed by atoms with Crippen molar-refractivity contribution in [2.45, 2.75) is 13.0 Å². The molecule has 1 aromatic heterocycles. The van der Waals surface area contributed by atoms with Gasteiger partial charge in [0.2, 0.25) is 0 Å². The van der Waals surface area contributed by atoms with Crippen LogP contribution in [-0.4, -0.2) is 24.1 Å². The van der Waals surface area contributed by atoms with Crippen LogP contribution in [0.1, 0.15) is 22.9 Å². The third kappa shape index (κ3) is 2.75. The SMILES string of the molecule is Cc1nsc(N2CCO[C@@H](c3ccc(F)cc3)C2)c1C#N. The second-order valence-electron chi connectivity index (χ2n) is 4.92. The number of aromatic nitrogens is 1. The lowest BCUT2D eigenvalue weighted by Gasteiger charge is -2.33. The van der Waals surface area contributed by atoms with Gasteiger partial charge in [0, 0.05) is 13.1 Å². The van der Waals surface area contributed by atoms with Crippen molar-refractivity contribution < 1.29 is 9.13 Å². The molecule has 0 unspecified atom stereocenters. The molecule has 0 aliphatic carbocycles. The third-order valence-corrected chi connectivity index (χ3v) is 4.55. The molecule has 0 bridgehead atoms. The second kappa shape index (κ2) is 5.80. The molecule has 2 heterocycles. The minimum Gasteiger partial charge on any atom is -0.370 e. The zero-order valence-electron chi connectivity index (χ0n) is 11.5. The molecule has 2 aromatic rings. The lowest BCUT2D eigenvalue weighted by molar-refractivity contribution is 0.0400. The van der Waals surface area contributed by atoms with Gasteiger partial charge in [-0.15, -0.1) is 0 Å². The van der Waals surface area contributed by atoms with Gasteiger partial charge < -0.3 is 9.64 Å². The summed E-state index contributed by atoms with van der Waals surface area (Å²) < 4.78 is 23.0. The summed E-state index contributed by atoms with van der Waals surface area (Å²) in [6.45, 7) is 3.79. The maximum Gasteiger partial charge on any atom is 0.130 e. The summed E-state index contributed by atoms with van der Waals surface area (Å²) in [7, 11) is 0. The average molecular weight is 303 g/mol. The molecule has 3 rings (SSSR count). The maximum atomic E-state index is 13.0.